The van der Waals surface area contributed by atoms with Gasteiger partial charge in [-0.15, -0.1) is 0 Å². The lowest BCUT2D eigenvalue weighted by Crippen LogP contribution is -2.26. The Morgan fingerprint density at radius 3 is 2.68 bits per heavy atom. The zero-order valence-corrected chi connectivity index (χ0v) is 10.8. The molecule has 0 fully saturated rings. The Bertz CT molecular complexity index is 556. The third-order valence-electron chi connectivity index (χ3n) is 2.79. The van der Waals surface area contributed by atoms with Gasteiger partial charge >= 0.3 is 0 Å². The maximum atomic E-state index is 12.3. The van der Waals surface area contributed by atoms with Crippen molar-refractivity contribution < 1.29 is 4.79 Å². The Balaban J connectivity index is 2.10. The fraction of sp³-hybridized carbons (Fsp3) is 0.214. The van der Waals surface area contributed by atoms with Crippen LogP contribution in [0, 0.1) is 0 Å². The van der Waals surface area contributed by atoms with E-state index >= 15 is 0 Å². The molecule has 2 aromatic rings. The second-order valence-electron chi connectivity index (χ2n) is 4.26. The van der Waals surface area contributed by atoms with Crippen LogP contribution in [0.3, 0.4) is 0 Å². The highest BCUT2D eigenvalue weighted by atomic mass is 16.2. The number of hydrogen-bond donors (Lipinski definition) is 1. The van der Waals surface area contributed by atoms with Gasteiger partial charge in [-0.05, 0) is 29.8 Å². The van der Waals surface area contributed by atoms with Crippen molar-refractivity contribution in [2.45, 2.75) is 13.1 Å². The molecule has 0 aliphatic rings. The Kier molecular flexibility index (Phi) is 4.20. The fourth-order valence-corrected chi connectivity index (χ4v) is 1.78. The lowest BCUT2D eigenvalue weighted by molar-refractivity contribution is 0.0785. The first kappa shape index (κ1) is 13.2. The van der Waals surface area contributed by atoms with Crippen LogP contribution in [0.4, 0.5) is 0 Å². The van der Waals surface area contributed by atoms with E-state index in [4.69, 9.17) is 5.73 Å². The van der Waals surface area contributed by atoms with Crippen LogP contribution in [0.1, 0.15) is 21.6 Å². The molecule has 0 radical (unpaired) electrons. The predicted octanol–water partition coefficient (Wildman–Crippen LogP) is 1.21. The summed E-state index contributed by atoms with van der Waals surface area (Å²) in [5.74, 6) is -0.0473. The third kappa shape index (κ3) is 3.35. The van der Waals surface area contributed by atoms with Gasteiger partial charge in [-0.3, -0.25) is 14.8 Å². The third-order valence-corrected chi connectivity index (χ3v) is 2.79. The van der Waals surface area contributed by atoms with E-state index in [1.54, 1.807) is 42.7 Å². The molecule has 0 aliphatic carbocycles. The molecule has 2 heterocycles. The number of amides is 1. The minimum Gasteiger partial charge on any atom is -0.337 e. The van der Waals surface area contributed by atoms with Gasteiger partial charge in [-0.25, -0.2) is 0 Å². The molecule has 2 N–H and O–H groups in total. The molecule has 5 nitrogen and oxygen atoms in total. The van der Waals surface area contributed by atoms with Crippen molar-refractivity contribution in [1.29, 1.82) is 0 Å². The average molecular weight is 256 g/mol. The maximum absolute atomic E-state index is 12.3. The summed E-state index contributed by atoms with van der Waals surface area (Å²) >= 11 is 0. The first-order valence-electron chi connectivity index (χ1n) is 6.00. The smallest absolute Gasteiger partial charge is 0.254 e. The van der Waals surface area contributed by atoms with Crippen molar-refractivity contribution in [1.82, 2.24) is 14.9 Å². The van der Waals surface area contributed by atoms with E-state index in [1.807, 2.05) is 12.1 Å². The predicted molar refractivity (Wildman–Crippen MR) is 72.2 cm³/mol. The fourth-order valence-electron chi connectivity index (χ4n) is 1.78. The number of nitrogens with zero attached hydrogens (tertiary/aromatic N) is 3. The number of aromatic nitrogens is 2. The molecule has 1 amide bonds. The highest BCUT2D eigenvalue weighted by Crippen LogP contribution is 2.08. The summed E-state index contributed by atoms with van der Waals surface area (Å²) in [6.45, 7) is 0.872. The second-order valence-corrected chi connectivity index (χ2v) is 4.26. The summed E-state index contributed by atoms with van der Waals surface area (Å²) in [6, 6.07) is 7.21. The van der Waals surface area contributed by atoms with E-state index in [0.717, 1.165) is 5.56 Å². The van der Waals surface area contributed by atoms with Gasteiger partial charge in [0.15, 0.2) is 0 Å². The molecule has 0 saturated heterocycles. The van der Waals surface area contributed by atoms with Gasteiger partial charge in [-0.1, -0.05) is 0 Å². The normalized spacial score (nSPS) is 10.2. The second kappa shape index (κ2) is 6.06. The Morgan fingerprint density at radius 2 is 2.00 bits per heavy atom. The molecular weight excluding hydrogens is 240 g/mol. The van der Waals surface area contributed by atoms with E-state index in [2.05, 4.69) is 9.97 Å². The van der Waals surface area contributed by atoms with Gasteiger partial charge < -0.3 is 10.6 Å². The topological polar surface area (TPSA) is 72.1 Å². The quantitative estimate of drug-likeness (QED) is 0.892. The summed E-state index contributed by atoms with van der Waals surface area (Å²) < 4.78 is 0. The summed E-state index contributed by atoms with van der Waals surface area (Å²) in [6.07, 6.45) is 5.04. The lowest BCUT2D eigenvalue weighted by Gasteiger charge is -2.17. The van der Waals surface area contributed by atoms with E-state index in [1.165, 1.54) is 0 Å². The summed E-state index contributed by atoms with van der Waals surface area (Å²) in [5, 5.41) is 0. The van der Waals surface area contributed by atoms with Gasteiger partial charge in [0.25, 0.3) is 5.91 Å². The lowest BCUT2D eigenvalue weighted by atomic mass is 10.2. The van der Waals surface area contributed by atoms with Gasteiger partial charge in [0, 0.05) is 44.3 Å². The number of carbonyl (C=O) groups excluding carboxylic acids is 1. The summed E-state index contributed by atoms with van der Waals surface area (Å²) in [5.41, 5.74) is 7.88. The molecule has 0 spiro atoms. The van der Waals surface area contributed by atoms with Crippen molar-refractivity contribution in [3.05, 3.63) is 59.7 Å². The van der Waals surface area contributed by atoms with Crippen LogP contribution in [0.25, 0.3) is 0 Å². The van der Waals surface area contributed by atoms with Gasteiger partial charge in [-0.2, -0.15) is 0 Å². The number of pyridine rings is 2. The molecule has 2 rings (SSSR count). The van der Waals surface area contributed by atoms with Crippen molar-refractivity contribution in [2.24, 2.45) is 5.73 Å². The van der Waals surface area contributed by atoms with E-state index in [0.29, 0.717) is 24.3 Å². The summed E-state index contributed by atoms with van der Waals surface area (Å²) in [4.78, 5) is 21.9. The molecule has 0 unspecified atom stereocenters. The zero-order chi connectivity index (χ0) is 13.7. The van der Waals surface area contributed by atoms with Gasteiger partial charge in [0.2, 0.25) is 0 Å². The number of carbonyl (C=O) groups is 1. The largest absolute Gasteiger partial charge is 0.337 e. The first-order chi connectivity index (χ1) is 9.20. The van der Waals surface area contributed by atoms with Crippen molar-refractivity contribution >= 4 is 5.91 Å². The molecule has 5 heteroatoms. The standard InChI is InChI=1S/C14H16N4O/c1-18(10-11-2-5-16-6-3-11)14(19)12-4-7-17-13(8-12)9-15/h2-8H,9-10,15H2,1H3. The number of nitrogens with two attached hydrogens (primary N) is 1. The Labute approximate surface area is 112 Å². The number of hydrogen-bond acceptors (Lipinski definition) is 4. The van der Waals surface area contributed by atoms with E-state index in [9.17, 15) is 4.79 Å². The van der Waals surface area contributed by atoms with Crippen molar-refractivity contribution in [3.63, 3.8) is 0 Å². The monoisotopic (exact) mass is 256 g/mol. The SMILES string of the molecule is CN(Cc1ccncc1)C(=O)c1ccnc(CN)c1. The molecular formula is C14H16N4O. The molecule has 98 valence electrons. The van der Waals surface area contributed by atoms with Crippen LogP contribution < -0.4 is 5.73 Å². The molecule has 2 aromatic heterocycles. The van der Waals surface area contributed by atoms with Crippen LogP contribution >= 0.6 is 0 Å². The molecule has 0 atom stereocenters. The molecule has 0 bridgehead atoms. The highest BCUT2D eigenvalue weighted by Gasteiger charge is 2.12. The van der Waals surface area contributed by atoms with E-state index in [-0.39, 0.29) is 5.91 Å². The minimum atomic E-state index is -0.0473. The minimum absolute atomic E-state index is 0.0473. The molecule has 0 aliphatic heterocycles. The van der Waals surface area contributed by atoms with Crippen LogP contribution in [0.2, 0.25) is 0 Å². The van der Waals surface area contributed by atoms with Gasteiger partial charge in [0.05, 0.1) is 5.69 Å². The van der Waals surface area contributed by atoms with Crippen LogP contribution in [-0.2, 0) is 13.1 Å². The van der Waals surface area contributed by atoms with Crippen LogP contribution in [0.15, 0.2) is 42.9 Å². The zero-order valence-electron chi connectivity index (χ0n) is 10.8. The first-order valence-corrected chi connectivity index (χ1v) is 6.00. The Hall–Kier alpha value is -2.27. The van der Waals surface area contributed by atoms with E-state index < -0.39 is 0 Å². The highest BCUT2D eigenvalue weighted by molar-refractivity contribution is 5.94. The average Bonchev–Trinajstić information content (AvgIpc) is 2.47. The van der Waals surface area contributed by atoms with Gasteiger partial charge in [0.1, 0.15) is 0 Å². The molecule has 0 saturated carbocycles. The molecule has 0 aromatic carbocycles. The Morgan fingerprint density at radius 1 is 1.26 bits per heavy atom. The maximum Gasteiger partial charge on any atom is 0.254 e. The van der Waals surface area contributed by atoms with Crippen LogP contribution in [0.5, 0.6) is 0 Å². The molecule has 19 heavy (non-hydrogen) atoms. The van der Waals surface area contributed by atoms with Crippen LogP contribution in [-0.4, -0.2) is 27.8 Å². The van der Waals surface area contributed by atoms with Crippen molar-refractivity contribution in [3.8, 4) is 0 Å². The number of rotatable bonds is 4. The van der Waals surface area contributed by atoms with Crippen molar-refractivity contribution in [2.75, 3.05) is 7.05 Å². The summed E-state index contributed by atoms with van der Waals surface area (Å²) in [7, 11) is 1.77.